The smallest absolute Gasteiger partial charge is 0.335 e. The number of ether oxygens (including phenoxy) is 1. The third-order valence-corrected chi connectivity index (χ3v) is 6.30. The molecule has 0 amide bonds. The average molecular weight is 456 g/mol. The van der Waals surface area contributed by atoms with Crippen molar-refractivity contribution in [2.24, 2.45) is 0 Å². The fraction of sp³-hybridized carbons (Fsp3) is 0.185. The molecular weight excluding hydrogens is 435 g/mol. The molecule has 7 heteroatoms. The first-order valence-electron chi connectivity index (χ1n) is 11.0. The second kappa shape index (κ2) is 8.65. The summed E-state index contributed by atoms with van der Waals surface area (Å²) in [6.45, 7) is 1.14. The fourth-order valence-corrected chi connectivity index (χ4v) is 4.82. The number of nitrogens with zero attached hydrogens (tertiary/aromatic N) is 2. The van der Waals surface area contributed by atoms with Crippen molar-refractivity contribution < 1.29 is 24.1 Å². The SMILES string of the molecule is N#Cc1cc(C(=O)O)cc(-c2c(C3CCOCC3)n(-c3ccc(F)cc3)c3cccc(O)c23)c1. The van der Waals surface area contributed by atoms with Crippen LogP contribution in [0, 0.1) is 17.1 Å². The van der Waals surface area contributed by atoms with E-state index >= 15 is 0 Å². The number of aromatic hydroxyl groups is 1. The van der Waals surface area contributed by atoms with Crippen LogP contribution in [0.2, 0.25) is 0 Å². The molecule has 0 radical (unpaired) electrons. The van der Waals surface area contributed by atoms with Gasteiger partial charge in [-0.3, -0.25) is 0 Å². The van der Waals surface area contributed by atoms with E-state index in [2.05, 4.69) is 0 Å². The van der Waals surface area contributed by atoms with Gasteiger partial charge in [-0.15, -0.1) is 0 Å². The monoisotopic (exact) mass is 456 g/mol. The molecule has 2 heterocycles. The molecule has 6 nitrogen and oxygen atoms in total. The molecule has 1 saturated heterocycles. The van der Waals surface area contributed by atoms with Crippen LogP contribution in [0.4, 0.5) is 4.39 Å². The van der Waals surface area contributed by atoms with Crippen molar-refractivity contribution in [3.8, 4) is 28.6 Å². The summed E-state index contributed by atoms with van der Waals surface area (Å²) in [5.41, 5.74) is 3.71. The molecule has 5 rings (SSSR count). The number of carboxylic acids is 1. The van der Waals surface area contributed by atoms with Crippen molar-refractivity contribution >= 4 is 16.9 Å². The first-order valence-corrected chi connectivity index (χ1v) is 11.0. The second-order valence-corrected chi connectivity index (χ2v) is 8.35. The number of halogens is 1. The molecule has 1 fully saturated rings. The van der Waals surface area contributed by atoms with Crippen molar-refractivity contribution in [3.63, 3.8) is 0 Å². The van der Waals surface area contributed by atoms with Crippen LogP contribution in [-0.4, -0.2) is 34.0 Å². The van der Waals surface area contributed by atoms with Gasteiger partial charge in [0.1, 0.15) is 11.6 Å². The topological polar surface area (TPSA) is 95.5 Å². The Hall–Kier alpha value is -4.15. The van der Waals surface area contributed by atoms with Gasteiger partial charge in [-0.05, 0) is 73.0 Å². The lowest BCUT2D eigenvalue weighted by atomic mass is 9.88. The number of benzene rings is 3. The molecule has 0 bridgehead atoms. The van der Waals surface area contributed by atoms with E-state index in [9.17, 15) is 24.7 Å². The average Bonchev–Trinajstić information content (AvgIpc) is 3.21. The zero-order valence-electron chi connectivity index (χ0n) is 18.2. The molecular formula is C27H21FN2O4. The zero-order chi connectivity index (χ0) is 23.8. The lowest BCUT2D eigenvalue weighted by Crippen LogP contribution is -2.17. The van der Waals surface area contributed by atoms with Crippen molar-refractivity contribution in [3.05, 3.63) is 83.3 Å². The van der Waals surface area contributed by atoms with Gasteiger partial charge < -0.3 is 19.5 Å². The van der Waals surface area contributed by atoms with Crippen molar-refractivity contribution in [1.82, 2.24) is 4.57 Å². The predicted molar refractivity (Wildman–Crippen MR) is 125 cm³/mol. The Bertz CT molecular complexity index is 1440. The van der Waals surface area contributed by atoms with E-state index in [1.54, 1.807) is 30.3 Å². The molecule has 0 unspecified atom stereocenters. The lowest BCUT2D eigenvalue weighted by Gasteiger charge is -2.26. The molecule has 0 aliphatic carbocycles. The summed E-state index contributed by atoms with van der Waals surface area (Å²) in [4.78, 5) is 11.8. The normalized spacial score (nSPS) is 14.2. The number of carbonyl (C=O) groups is 1. The van der Waals surface area contributed by atoms with Crippen molar-refractivity contribution in [2.45, 2.75) is 18.8 Å². The van der Waals surface area contributed by atoms with Gasteiger partial charge in [0.2, 0.25) is 0 Å². The predicted octanol–water partition coefficient (Wildman–Crippen LogP) is 5.61. The number of hydrogen-bond donors (Lipinski definition) is 2. The number of nitriles is 1. The second-order valence-electron chi connectivity index (χ2n) is 8.35. The summed E-state index contributed by atoms with van der Waals surface area (Å²) in [6.07, 6.45) is 1.46. The molecule has 0 saturated carbocycles. The number of aromatic nitrogens is 1. The molecule has 1 aromatic heterocycles. The Morgan fingerprint density at radius 3 is 2.50 bits per heavy atom. The molecule has 3 aromatic carbocycles. The number of rotatable bonds is 4. The summed E-state index contributed by atoms with van der Waals surface area (Å²) >= 11 is 0. The van der Waals surface area contributed by atoms with Gasteiger partial charge in [-0.25, -0.2) is 9.18 Å². The molecule has 1 aliphatic rings. The van der Waals surface area contributed by atoms with Crippen LogP contribution in [0.15, 0.2) is 60.7 Å². The summed E-state index contributed by atoms with van der Waals surface area (Å²) < 4.78 is 21.3. The van der Waals surface area contributed by atoms with Gasteiger partial charge in [-0.1, -0.05) is 6.07 Å². The van der Waals surface area contributed by atoms with Crippen LogP contribution in [0.3, 0.4) is 0 Å². The molecule has 2 N–H and O–H groups in total. The summed E-state index contributed by atoms with van der Waals surface area (Å²) in [5, 5.41) is 30.7. The highest BCUT2D eigenvalue weighted by molar-refractivity contribution is 6.04. The van der Waals surface area contributed by atoms with E-state index in [0.717, 1.165) is 24.2 Å². The van der Waals surface area contributed by atoms with E-state index in [0.29, 0.717) is 35.2 Å². The Balaban J connectivity index is 1.92. The van der Waals surface area contributed by atoms with Crippen LogP contribution < -0.4 is 0 Å². The Morgan fingerprint density at radius 2 is 1.82 bits per heavy atom. The van der Waals surface area contributed by atoms with Crippen molar-refractivity contribution in [1.29, 1.82) is 5.26 Å². The third kappa shape index (κ3) is 3.68. The van der Waals surface area contributed by atoms with Crippen LogP contribution in [0.1, 0.15) is 40.4 Å². The molecule has 34 heavy (non-hydrogen) atoms. The number of phenols is 1. The Morgan fingerprint density at radius 1 is 1.09 bits per heavy atom. The minimum absolute atomic E-state index is 0.00918. The zero-order valence-corrected chi connectivity index (χ0v) is 18.2. The summed E-state index contributed by atoms with van der Waals surface area (Å²) in [7, 11) is 0. The highest BCUT2D eigenvalue weighted by Gasteiger charge is 2.29. The fourth-order valence-electron chi connectivity index (χ4n) is 4.82. The van der Waals surface area contributed by atoms with Gasteiger partial charge in [0.25, 0.3) is 0 Å². The maximum absolute atomic E-state index is 13.8. The lowest BCUT2D eigenvalue weighted by molar-refractivity contribution is 0.0697. The number of aromatic carboxylic acids is 1. The number of phenolic OH excluding ortho intramolecular Hbond substituents is 1. The number of carboxylic acid groups (broad SMARTS) is 1. The minimum atomic E-state index is -1.14. The quantitative estimate of drug-likeness (QED) is 0.416. The van der Waals surface area contributed by atoms with Gasteiger partial charge in [0.05, 0.1) is 22.7 Å². The maximum Gasteiger partial charge on any atom is 0.335 e. The Labute approximate surface area is 195 Å². The van der Waals surface area contributed by atoms with E-state index in [1.807, 2.05) is 16.7 Å². The molecule has 1 aliphatic heterocycles. The highest BCUT2D eigenvalue weighted by atomic mass is 19.1. The molecule has 170 valence electrons. The van der Waals surface area contributed by atoms with Gasteiger partial charge >= 0.3 is 5.97 Å². The Kier molecular flexibility index (Phi) is 5.52. The van der Waals surface area contributed by atoms with Crippen LogP contribution in [0.25, 0.3) is 27.7 Å². The highest BCUT2D eigenvalue weighted by Crippen LogP contribution is 2.46. The first-order chi connectivity index (χ1) is 16.5. The standard InChI is InChI=1S/C27H21FN2O4/c28-20-4-6-21(7-5-20)30-22-2-1-3-23(31)25(22)24(26(30)17-8-10-34-11-9-17)18-12-16(15-29)13-19(14-18)27(32)33/h1-7,12-14,17,31H,8-11H2,(H,32,33). The molecule has 0 atom stereocenters. The third-order valence-electron chi connectivity index (χ3n) is 6.30. The first kappa shape index (κ1) is 21.7. The largest absolute Gasteiger partial charge is 0.507 e. The maximum atomic E-state index is 13.8. The summed E-state index contributed by atoms with van der Waals surface area (Å²) in [5.74, 6) is -1.42. The van der Waals surface area contributed by atoms with E-state index in [1.165, 1.54) is 24.3 Å². The van der Waals surface area contributed by atoms with E-state index in [-0.39, 0.29) is 28.6 Å². The van der Waals surface area contributed by atoms with Crippen LogP contribution >= 0.6 is 0 Å². The van der Waals surface area contributed by atoms with E-state index in [4.69, 9.17) is 4.74 Å². The number of hydrogen-bond acceptors (Lipinski definition) is 4. The molecule has 4 aromatic rings. The summed E-state index contributed by atoms with van der Waals surface area (Å²) in [6, 6.07) is 17.9. The van der Waals surface area contributed by atoms with Gasteiger partial charge in [0, 0.05) is 41.5 Å². The van der Waals surface area contributed by atoms with Gasteiger partial charge in [-0.2, -0.15) is 5.26 Å². The van der Waals surface area contributed by atoms with Crippen LogP contribution in [0.5, 0.6) is 5.75 Å². The van der Waals surface area contributed by atoms with Gasteiger partial charge in [0.15, 0.2) is 0 Å². The number of fused-ring (bicyclic) bond motifs is 1. The minimum Gasteiger partial charge on any atom is -0.507 e. The molecule has 0 spiro atoms. The van der Waals surface area contributed by atoms with Crippen LogP contribution in [-0.2, 0) is 4.74 Å². The van der Waals surface area contributed by atoms with E-state index < -0.39 is 5.97 Å². The van der Waals surface area contributed by atoms with Crippen molar-refractivity contribution in [2.75, 3.05) is 13.2 Å².